The van der Waals surface area contributed by atoms with Crippen LogP contribution in [0.5, 0.6) is 0 Å². The van der Waals surface area contributed by atoms with Crippen LogP contribution in [0.3, 0.4) is 0 Å². The summed E-state index contributed by atoms with van der Waals surface area (Å²) >= 11 is 0. The van der Waals surface area contributed by atoms with Crippen molar-refractivity contribution in [2.45, 2.75) is 169 Å². The monoisotopic (exact) mass is 713 g/mol. The molecule has 5 saturated carbocycles. The van der Waals surface area contributed by atoms with Crippen LogP contribution in [0, 0.1) is 50.7 Å². The van der Waals surface area contributed by atoms with Crippen LogP contribution in [0.4, 0.5) is 0 Å². The van der Waals surface area contributed by atoms with Crippen molar-refractivity contribution in [3.8, 4) is 0 Å². The van der Waals surface area contributed by atoms with Crippen LogP contribution >= 0.6 is 0 Å². The highest BCUT2D eigenvalue weighted by molar-refractivity contribution is 5.93. The number of aliphatic hydroxyl groups is 1. The third kappa shape index (κ3) is 5.12. The summed E-state index contributed by atoms with van der Waals surface area (Å²) in [4.78, 5) is 32.3. The first-order chi connectivity index (χ1) is 23.8. The summed E-state index contributed by atoms with van der Waals surface area (Å²) < 4.78 is 25.8. The second-order valence-electron chi connectivity index (χ2n) is 20.7. The third-order valence-corrected chi connectivity index (χ3v) is 17.3. The van der Waals surface area contributed by atoms with Gasteiger partial charge in [-0.15, -0.1) is 0 Å². The fourth-order valence-electron chi connectivity index (χ4n) is 14.7. The molecule has 8 aliphatic rings. The molecule has 0 aromatic carbocycles. The number of carbonyl (C=O) groups excluding carboxylic acids is 2. The van der Waals surface area contributed by atoms with E-state index >= 15 is 4.79 Å². The Morgan fingerprint density at radius 1 is 1.00 bits per heavy atom. The van der Waals surface area contributed by atoms with E-state index in [9.17, 15) is 9.90 Å². The van der Waals surface area contributed by atoms with E-state index in [1.54, 1.807) is 13.8 Å². The summed E-state index contributed by atoms with van der Waals surface area (Å²) in [6, 6.07) is 1.22. The van der Waals surface area contributed by atoms with Crippen LogP contribution in [0.2, 0.25) is 0 Å². The van der Waals surface area contributed by atoms with E-state index in [0.717, 1.165) is 58.5 Å². The predicted octanol–water partition coefficient (Wildman–Crippen LogP) is 5.85. The van der Waals surface area contributed by atoms with Crippen molar-refractivity contribution < 1.29 is 33.6 Å². The van der Waals surface area contributed by atoms with Gasteiger partial charge < -0.3 is 24.1 Å². The topological polar surface area (TPSA) is 97.8 Å². The van der Waals surface area contributed by atoms with Crippen molar-refractivity contribution >= 4 is 11.8 Å². The summed E-state index contributed by atoms with van der Waals surface area (Å²) in [6.07, 6.45) is 6.78. The lowest BCUT2D eigenvalue weighted by Crippen LogP contribution is -2.64. The van der Waals surface area contributed by atoms with E-state index in [1.165, 1.54) is 26.2 Å². The highest BCUT2D eigenvalue weighted by atomic mass is 16.7. The maximum atomic E-state index is 15.1. The summed E-state index contributed by atoms with van der Waals surface area (Å²) in [7, 11) is 0. The molecule has 1 N–H and O–H groups in total. The van der Waals surface area contributed by atoms with Gasteiger partial charge in [-0.25, -0.2) is 0 Å². The highest BCUT2D eigenvalue weighted by Gasteiger charge is 2.85. The number of likely N-dealkylation sites (tertiary alicyclic amines) is 1. The molecule has 51 heavy (non-hydrogen) atoms. The Bertz CT molecular complexity index is 1410. The first-order valence-electron chi connectivity index (χ1n) is 20.6. The van der Waals surface area contributed by atoms with Crippen LogP contribution in [-0.4, -0.2) is 108 Å². The van der Waals surface area contributed by atoms with Crippen molar-refractivity contribution in [3.05, 3.63) is 0 Å². The molecule has 0 bridgehead atoms. The van der Waals surface area contributed by atoms with Gasteiger partial charge in [0.05, 0.1) is 24.4 Å². The first kappa shape index (κ1) is 36.9. The molecule has 0 aromatic heterocycles. The quantitative estimate of drug-likeness (QED) is 0.327. The molecule has 3 heterocycles. The number of rotatable bonds is 7. The number of morpholine rings is 1. The summed E-state index contributed by atoms with van der Waals surface area (Å²) in [5, 5.41) is 11.0. The zero-order chi connectivity index (χ0) is 36.7. The molecule has 5 aliphatic carbocycles. The summed E-state index contributed by atoms with van der Waals surface area (Å²) in [5.74, 6) is 1.10. The largest absolute Gasteiger partial charge is 0.457 e. The molecule has 8 rings (SSSR count). The van der Waals surface area contributed by atoms with Crippen molar-refractivity contribution in [3.63, 3.8) is 0 Å². The van der Waals surface area contributed by atoms with E-state index in [2.05, 4.69) is 58.3 Å². The van der Waals surface area contributed by atoms with E-state index in [0.29, 0.717) is 30.3 Å². The lowest BCUT2D eigenvalue weighted by Gasteiger charge is -2.62. The fraction of sp³-hybridized carbons (Fsp3) is 0.952. The Balaban J connectivity index is 0.995. The maximum Gasteiger partial charge on any atom is 0.303 e. The molecule has 288 valence electrons. The average Bonchev–Trinajstić information content (AvgIpc) is 3.64. The number of Topliss-reactive ketones (excluding diaryl/α,β-unsaturated/α-hetero) is 1. The highest BCUT2D eigenvalue weighted by Crippen LogP contribution is 2.89. The zero-order valence-electron chi connectivity index (χ0n) is 33.3. The number of ether oxygens (including phenoxy) is 4. The first-order valence-corrected chi connectivity index (χ1v) is 20.6. The Kier molecular flexibility index (Phi) is 8.63. The lowest BCUT2D eigenvalue weighted by molar-refractivity contribution is -0.252. The molecule has 3 saturated heterocycles. The molecule has 9 nitrogen and oxygen atoms in total. The van der Waals surface area contributed by atoms with Crippen molar-refractivity contribution in [2.75, 3.05) is 32.8 Å². The van der Waals surface area contributed by atoms with Crippen LogP contribution in [0.25, 0.3) is 0 Å². The number of carbonyl (C=O) groups is 2. The number of esters is 1. The molecule has 0 aromatic rings. The van der Waals surface area contributed by atoms with Gasteiger partial charge in [0.15, 0.2) is 18.2 Å². The number of nitrogens with zero attached hydrogens (tertiary/aromatic N) is 2. The van der Waals surface area contributed by atoms with Gasteiger partial charge in [-0.2, -0.15) is 0 Å². The van der Waals surface area contributed by atoms with Crippen LogP contribution < -0.4 is 0 Å². The minimum Gasteiger partial charge on any atom is -0.457 e. The van der Waals surface area contributed by atoms with E-state index in [4.69, 9.17) is 18.9 Å². The minimum absolute atomic E-state index is 0.0340. The van der Waals surface area contributed by atoms with Gasteiger partial charge in [-0.05, 0) is 118 Å². The van der Waals surface area contributed by atoms with Gasteiger partial charge in [0.25, 0.3) is 0 Å². The molecular formula is C42H68N2O7. The Morgan fingerprint density at radius 2 is 1.69 bits per heavy atom. The maximum absolute atomic E-state index is 15.1. The molecular weight excluding hydrogens is 644 g/mol. The van der Waals surface area contributed by atoms with Gasteiger partial charge >= 0.3 is 5.97 Å². The SMILES string of the molecule is CC(=O)O[C@@H](C1C[C@@H](C)[C@H]2C(O1)C(=O)[C@@]1(C)C3CC[C@H]4C(C)(C)[C@@H](O[C@H]5CN(C6CN(C(C)C)C6)CCO5)CCC45C[C@@]35CC[C@]21C)C(C)(C)O. The van der Waals surface area contributed by atoms with Crippen molar-refractivity contribution in [2.24, 2.45) is 50.7 Å². The number of hydrogen-bond acceptors (Lipinski definition) is 9. The zero-order valence-corrected chi connectivity index (χ0v) is 33.3. The van der Waals surface area contributed by atoms with Gasteiger partial charge in [-0.3, -0.25) is 19.4 Å². The van der Waals surface area contributed by atoms with Crippen LogP contribution in [0.1, 0.15) is 121 Å². The Morgan fingerprint density at radius 3 is 2.35 bits per heavy atom. The van der Waals surface area contributed by atoms with Gasteiger partial charge in [-0.1, -0.05) is 34.6 Å². The smallest absolute Gasteiger partial charge is 0.303 e. The van der Waals surface area contributed by atoms with Crippen LogP contribution in [0.15, 0.2) is 0 Å². The van der Waals surface area contributed by atoms with Crippen LogP contribution in [-0.2, 0) is 28.5 Å². The Hall–Kier alpha value is -1.10. The van der Waals surface area contributed by atoms with Gasteiger partial charge in [0.1, 0.15) is 6.10 Å². The normalized spacial score (nSPS) is 48.8. The molecule has 9 heteroatoms. The molecule has 0 radical (unpaired) electrons. The van der Waals surface area contributed by atoms with E-state index in [1.807, 2.05) is 0 Å². The standard InChI is InChI=1S/C42H68N2O7/c1-24(2)44-20-27(21-44)43-17-18-48-32(22-43)51-31-13-14-41-23-42(41)16-15-39(9)33-25(3)19-28(36(38(7,8)47)49-26(4)45)50-34(33)35(46)40(39,10)30(42)12-11-29(41)37(31,5)6/h24-25,27-34,36,47H,11-23H2,1-10H3/t25-,28?,29+,30?,31+,32+,33+,34?,36+,39-,40-,41?,42+/m1/s1. The number of ketones is 1. The summed E-state index contributed by atoms with van der Waals surface area (Å²) in [5.41, 5.74) is -1.38. The number of fused-ring (bicyclic) bond motifs is 4. The van der Waals surface area contributed by atoms with Gasteiger partial charge in [0, 0.05) is 56.5 Å². The second-order valence-corrected chi connectivity index (χ2v) is 20.7. The molecule has 0 amide bonds. The predicted molar refractivity (Wildman–Crippen MR) is 194 cm³/mol. The number of hydrogen-bond donors (Lipinski definition) is 1. The fourth-order valence-corrected chi connectivity index (χ4v) is 14.7. The van der Waals surface area contributed by atoms with E-state index < -0.39 is 35.3 Å². The minimum atomic E-state index is -1.28. The average molecular weight is 713 g/mol. The van der Waals surface area contributed by atoms with Crippen molar-refractivity contribution in [1.29, 1.82) is 0 Å². The summed E-state index contributed by atoms with van der Waals surface area (Å²) in [6.45, 7) is 26.1. The van der Waals surface area contributed by atoms with Gasteiger partial charge in [0.2, 0.25) is 0 Å². The van der Waals surface area contributed by atoms with E-state index in [-0.39, 0.29) is 51.7 Å². The molecule has 4 unspecified atom stereocenters. The lowest BCUT2D eigenvalue weighted by atomic mass is 9.41. The molecule has 2 spiro atoms. The third-order valence-electron chi connectivity index (χ3n) is 17.3. The molecule has 8 fully saturated rings. The Labute approximate surface area is 307 Å². The van der Waals surface area contributed by atoms with Crippen molar-refractivity contribution in [1.82, 2.24) is 9.80 Å². The molecule has 13 atom stereocenters. The second kappa shape index (κ2) is 11.9. The molecule has 3 aliphatic heterocycles.